The lowest BCUT2D eigenvalue weighted by atomic mass is 10.1. The van der Waals surface area contributed by atoms with Crippen LogP contribution >= 0.6 is 0 Å². The van der Waals surface area contributed by atoms with Gasteiger partial charge in [-0.15, -0.1) is 0 Å². The van der Waals surface area contributed by atoms with Crippen molar-refractivity contribution in [2.75, 3.05) is 29.1 Å². The first-order valence-corrected chi connectivity index (χ1v) is 7.82. The van der Waals surface area contributed by atoms with Crippen molar-refractivity contribution in [3.63, 3.8) is 0 Å². The average Bonchev–Trinajstić information content (AvgIpc) is 2.56. The summed E-state index contributed by atoms with van der Waals surface area (Å²) in [5.74, 6) is -0.128. The van der Waals surface area contributed by atoms with Gasteiger partial charge in [-0.1, -0.05) is 12.1 Å². The fourth-order valence-corrected chi connectivity index (χ4v) is 2.23. The molecule has 0 aliphatic rings. The average molecular weight is 325 g/mol. The predicted molar refractivity (Wildman–Crippen MR) is 98.6 cm³/mol. The van der Waals surface area contributed by atoms with Gasteiger partial charge >= 0.3 is 0 Å². The van der Waals surface area contributed by atoms with Gasteiger partial charge in [-0.25, -0.2) is 0 Å². The maximum absolute atomic E-state index is 12.1. The minimum atomic E-state index is -0.103. The molecule has 0 saturated carbocycles. The Labute approximate surface area is 142 Å². The molecule has 0 atom stereocenters. The SMILES string of the molecule is CC(=O)N(C)c1ccc(NCC(=O)Nc2cc(C)ccc2C)cc1. The Balaban J connectivity index is 1.92. The zero-order chi connectivity index (χ0) is 17.7. The van der Waals surface area contributed by atoms with E-state index in [1.54, 1.807) is 11.9 Å². The number of rotatable bonds is 5. The normalized spacial score (nSPS) is 10.2. The highest BCUT2D eigenvalue weighted by molar-refractivity contribution is 5.94. The van der Waals surface area contributed by atoms with Gasteiger partial charge in [-0.2, -0.15) is 0 Å². The molecule has 0 aromatic heterocycles. The van der Waals surface area contributed by atoms with E-state index >= 15 is 0 Å². The molecule has 2 amide bonds. The van der Waals surface area contributed by atoms with Crippen LogP contribution in [0.2, 0.25) is 0 Å². The van der Waals surface area contributed by atoms with Gasteiger partial charge in [0.25, 0.3) is 0 Å². The van der Waals surface area contributed by atoms with Crippen LogP contribution in [-0.2, 0) is 9.59 Å². The minimum Gasteiger partial charge on any atom is -0.376 e. The van der Waals surface area contributed by atoms with E-state index in [9.17, 15) is 9.59 Å². The predicted octanol–water partition coefficient (Wildman–Crippen LogP) is 3.34. The summed E-state index contributed by atoms with van der Waals surface area (Å²) in [7, 11) is 1.72. The highest BCUT2D eigenvalue weighted by Gasteiger charge is 2.07. The highest BCUT2D eigenvalue weighted by atomic mass is 16.2. The van der Waals surface area contributed by atoms with Gasteiger partial charge in [0, 0.05) is 31.0 Å². The second kappa shape index (κ2) is 7.64. The second-order valence-electron chi connectivity index (χ2n) is 5.85. The maximum atomic E-state index is 12.1. The third-order valence-corrected chi connectivity index (χ3v) is 3.85. The number of benzene rings is 2. The molecule has 2 N–H and O–H groups in total. The molecule has 2 rings (SSSR count). The Kier molecular flexibility index (Phi) is 5.58. The first-order valence-electron chi connectivity index (χ1n) is 7.82. The molecule has 0 heterocycles. The fourth-order valence-electron chi connectivity index (χ4n) is 2.23. The topological polar surface area (TPSA) is 61.4 Å². The summed E-state index contributed by atoms with van der Waals surface area (Å²) in [4.78, 5) is 25.0. The Hall–Kier alpha value is -2.82. The molecule has 5 nitrogen and oxygen atoms in total. The molecule has 0 saturated heterocycles. The fraction of sp³-hybridized carbons (Fsp3) is 0.263. The molecule has 2 aromatic rings. The van der Waals surface area contributed by atoms with Crippen molar-refractivity contribution >= 4 is 28.9 Å². The molecule has 0 fully saturated rings. The number of anilines is 3. The molecule has 0 aliphatic heterocycles. The molecule has 2 aromatic carbocycles. The third-order valence-electron chi connectivity index (χ3n) is 3.85. The Morgan fingerprint density at radius 3 is 2.33 bits per heavy atom. The first kappa shape index (κ1) is 17.5. The first-order chi connectivity index (χ1) is 11.4. The Bertz CT molecular complexity index is 739. The van der Waals surface area contributed by atoms with Crippen LogP contribution in [0.1, 0.15) is 18.1 Å². The maximum Gasteiger partial charge on any atom is 0.243 e. The van der Waals surface area contributed by atoms with E-state index in [1.165, 1.54) is 6.92 Å². The zero-order valence-electron chi connectivity index (χ0n) is 14.5. The minimum absolute atomic E-state index is 0.0244. The van der Waals surface area contributed by atoms with Crippen LogP contribution in [0, 0.1) is 13.8 Å². The van der Waals surface area contributed by atoms with Crippen LogP contribution in [0.15, 0.2) is 42.5 Å². The number of hydrogen-bond acceptors (Lipinski definition) is 3. The monoisotopic (exact) mass is 325 g/mol. The quantitative estimate of drug-likeness (QED) is 0.886. The molecule has 0 radical (unpaired) electrons. The summed E-state index contributed by atoms with van der Waals surface area (Å²) < 4.78 is 0. The lowest BCUT2D eigenvalue weighted by Gasteiger charge is -2.15. The summed E-state index contributed by atoms with van der Waals surface area (Å²) >= 11 is 0. The van der Waals surface area contributed by atoms with Crippen molar-refractivity contribution in [2.24, 2.45) is 0 Å². The molecule has 0 aliphatic carbocycles. The summed E-state index contributed by atoms with van der Waals surface area (Å²) in [5.41, 5.74) is 4.61. The summed E-state index contributed by atoms with van der Waals surface area (Å²) in [6, 6.07) is 13.3. The molecule has 0 bridgehead atoms. The van der Waals surface area contributed by atoms with Crippen LogP contribution < -0.4 is 15.5 Å². The number of nitrogens with one attached hydrogen (secondary N) is 2. The zero-order valence-corrected chi connectivity index (χ0v) is 14.5. The number of carbonyl (C=O) groups is 2. The van der Waals surface area contributed by atoms with Crippen molar-refractivity contribution in [3.8, 4) is 0 Å². The number of aryl methyl sites for hydroxylation is 2. The molecule has 5 heteroatoms. The number of amides is 2. The van der Waals surface area contributed by atoms with Crippen molar-refractivity contribution in [1.29, 1.82) is 0 Å². The molecule has 0 spiro atoms. The molecular weight excluding hydrogens is 302 g/mol. The van der Waals surface area contributed by atoms with Crippen LogP contribution in [-0.4, -0.2) is 25.4 Å². The van der Waals surface area contributed by atoms with Gasteiger partial charge in [-0.05, 0) is 55.3 Å². The summed E-state index contributed by atoms with van der Waals surface area (Å²) in [6.07, 6.45) is 0. The molecule has 126 valence electrons. The van der Waals surface area contributed by atoms with Crippen molar-refractivity contribution < 1.29 is 9.59 Å². The highest BCUT2D eigenvalue weighted by Crippen LogP contribution is 2.18. The number of nitrogens with zero attached hydrogens (tertiary/aromatic N) is 1. The molecule has 0 unspecified atom stereocenters. The van der Waals surface area contributed by atoms with Crippen LogP contribution in [0.25, 0.3) is 0 Å². The third kappa shape index (κ3) is 4.59. The van der Waals surface area contributed by atoms with Gasteiger partial charge in [0.2, 0.25) is 11.8 Å². The van der Waals surface area contributed by atoms with Crippen LogP contribution in [0.5, 0.6) is 0 Å². The largest absolute Gasteiger partial charge is 0.376 e. The van der Waals surface area contributed by atoms with E-state index in [0.717, 1.165) is 28.2 Å². The van der Waals surface area contributed by atoms with Crippen LogP contribution in [0.3, 0.4) is 0 Å². The smallest absolute Gasteiger partial charge is 0.243 e. The molecule has 24 heavy (non-hydrogen) atoms. The second-order valence-corrected chi connectivity index (χ2v) is 5.85. The van der Waals surface area contributed by atoms with Crippen molar-refractivity contribution in [2.45, 2.75) is 20.8 Å². The van der Waals surface area contributed by atoms with Gasteiger partial charge in [0.05, 0.1) is 6.54 Å². The summed E-state index contributed by atoms with van der Waals surface area (Å²) in [5, 5.41) is 5.99. The Morgan fingerprint density at radius 1 is 1.04 bits per heavy atom. The van der Waals surface area contributed by atoms with E-state index in [1.807, 2.05) is 56.3 Å². The van der Waals surface area contributed by atoms with E-state index in [0.29, 0.717) is 0 Å². The lowest BCUT2D eigenvalue weighted by Crippen LogP contribution is -2.23. The number of carbonyl (C=O) groups excluding carboxylic acids is 2. The van der Waals surface area contributed by atoms with Crippen molar-refractivity contribution in [1.82, 2.24) is 0 Å². The van der Waals surface area contributed by atoms with Gasteiger partial charge in [0.15, 0.2) is 0 Å². The van der Waals surface area contributed by atoms with Gasteiger partial charge in [-0.3, -0.25) is 9.59 Å². The van der Waals surface area contributed by atoms with Gasteiger partial charge < -0.3 is 15.5 Å². The van der Waals surface area contributed by atoms with E-state index in [2.05, 4.69) is 10.6 Å². The van der Waals surface area contributed by atoms with Crippen molar-refractivity contribution in [3.05, 3.63) is 53.6 Å². The lowest BCUT2D eigenvalue weighted by molar-refractivity contribution is -0.116. The Morgan fingerprint density at radius 2 is 1.71 bits per heavy atom. The van der Waals surface area contributed by atoms with E-state index < -0.39 is 0 Å². The standard InChI is InChI=1S/C19H23N3O2/c1-13-5-6-14(2)18(11-13)21-19(24)12-20-16-7-9-17(10-8-16)22(4)15(3)23/h5-11,20H,12H2,1-4H3,(H,21,24). The van der Waals surface area contributed by atoms with Gasteiger partial charge in [0.1, 0.15) is 0 Å². The summed E-state index contributed by atoms with van der Waals surface area (Å²) in [6.45, 7) is 5.65. The number of hydrogen-bond donors (Lipinski definition) is 2. The van der Waals surface area contributed by atoms with E-state index in [-0.39, 0.29) is 18.4 Å². The van der Waals surface area contributed by atoms with Crippen LogP contribution in [0.4, 0.5) is 17.1 Å². The van der Waals surface area contributed by atoms with E-state index in [4.69, 9.17) is 0 Å². The molecular formula is C19H23N3O2.